The molecular weight excluding hydrogens is 210 g/mol. The summed E-state index contributed by atoms with van der Waals surface area (Å²) in [4.78, 5) is 2.55. The molecule has 2 nitrogen and oxygen atoms in total. The van der Waals surface area contributed by atoms with Crippen molar-refractivity contribution >= 4 is 0 Å². The molecule has 3 aliphatic rings. The lowest BCUT2D eigenvalue weighted by atomic mass is 9.69. The molecule has 3 rings (SSSR count). The molecule has 3 fully saturated rings. The maximum absolute atomic E-state index is 11.2. The summed E-state index contributed by atoms with van der Waals surface area (Å²) < 4.78 is 0. The van der Waals surface area contributed by atoms with Crippen LogP contribution in [-0.2, 0) is 0 Å². The minimum atomic E-state index is -0.329. The molecule has 4 atom stereocenters. The van der Waals surface area contributed by atoms with Crippen LogP contribution < -0.4 is 0 Å². The first-order chi connectivity index (χ1) is 8.24. The Morgan fingerprint density at radius 1 is 1.18 bits per heavy atom. The summed E-state index contributed by atoms with van der Waals surface area (Å²) in [7, 11) is 0. The minimum absolute atomic E-state index is 0.329. The first kappa shape index (κ1) is 12.0. The number of aliphatic hydroxyl groups is 1. The van der Waals surface area contributed by atoms with E-state index < -0.39 is 0 Å². The average molecular weight is 237 g/mol. The van der Waals surface area contributed by atoms with Crippen LogP contribution in [0.1, 0.15) is 58.3 Å². The van der Waals surface area contributed by atoms with Crippen molar-refractivity contribution in [3.05, 3.63) is 0 Å². The van der Waals surface area contributed by atoms with Crippen molar-refractivity contribution < 1.29 is 5.11 Å². The van der Waals surface area contributed by atoms with Crippen LogP contribution in [-0.4, -0.2) is 34.7 Å². The molecule has 2 aliphatic heterocycles. The van der Waals surface area contributed by atoms with E-state index in [4.69, 9.17) is 0 Å². The predicted octanol–water partition coefficient (Wildman–Crippen LogP) is 2.80. The van der Waals surface area contributed by atoms with E-state index in [2.05, 4.69) is 11.8 Å². The Morgan fingerprint density at radius 3 is 2.88 bits per heavy atom. The zero-order valence-electron chi connectivity index (χ0n) is 11.2. The molecule has 0 amide bonds. The second kappa shape index (κ2) is 4.55. The van der Waals surface area contributed by atoms with E-state index in [9.17, 15) is 5.11 Å². The smallest absolute Gasteiger partial charge is 0.0842 e. The van der Waals surface area contributed by atoms with Gasteiger partial charge in [0.2, 0.25) is 0 Å². The number of fused-ring (bicyclic) bond motifs is 1. The molecular formula is C15H27NO. The van der Waals surface area contributed by atoms with E-state index in [1.165, 1.54) is 51.5 Å². The Bertz CT molecular complexity index is 280. The maximum Gasteiger partial charge on any atom is 0.0842 e. The second-order valence-electron chi connectivity index (χ2n) is 6.57. The van der Waals surface area contributed by atoms with Crippen LogP contribution in [0.3, 0.4) is 0 Å². The molecule has 17 heavy (non-hydrogen) atoms. The molecule has 0 aromatic rings. The van der Waals surface area contributed by atoms with Gasteiger partial charge in [-0.2, -0.15) is 0 Å². The summed E-state index contributed by atoms with van der Waals surface area (Å²) in [5.41, 5.74) is -0.329. The number of rotatable bonds is 2. The number of hydrogen-bond donors (Lipinski definition) is 1. The highest BCUT2D eigenvalue weighted by molar-refractivity contribution is 5.06. The molecule has 2 heterocycles. The summed E-state index contributed by atoms with van der Waals surface area (Å²) in [6, 6.07) is 0.503. The lowest BCUT2D eigenvalue weighted by Crippen LogP contribution is -2.48. The van der Waals surface area contributed by atoms with E-state index in [0.717, 1.165) is 18.9 Å². The highest BCUT2D eigenvalue weighted by Gasteiger charge is 2.52. The van der Waals surface area contributed by atoms with Crippen LogP contribution in [0.15, 0.2) is 0 Å². The highest BCUT2D eigenvalue weighted by atomic mass is 16.3. The molecule has 0 radical (unpaired) electrons. The van der Waals surface area contributed by atoms with Gasteiger partial charge < -0.3 is 5.11 Å². The summed E-state index contributed by atoms with van der Waals surface area (Å²) in [5, 5.41) is 11.2. The third-order valence-corrected chi connectivity index (χ3v) is 5.81. The van der Waals surface area contributed by atoms with E-state index in [0.29, 0.717) is 12.0 Å². The normalized spacial score (nSPS) is 47.3. The van der Waals surface area contributed by atoms with Crippen molar-refractivity contribution in [1.29, 1.82) is 0 Å². The van der Waals surface area contributed by atoms with Gasteiger partial charge in [0.25, 0.3) is 0 Å². The van der Waals surface area contributed by atoms with Gasteiger partial charge in [-0.05, 0) is 50.5 Å². The van der Waals surface area contributed by atoms with Gasteiger partial charge in [0.15, 0.2) is 0 Å². The Kier molecular flexibility index (Phi) is 3.20. The summed E-state index contributed by atoms with van der Waals surface area (Å²) in [6.45, 7) is 4.69. The fraction of sp³-hybridized carbons (Fsp3) is 1.00. The zero-order chi connectivity index (χ0) is 11.9. The molecule has 1 aliphatic carbocycles. The SMILES string of the molecule is CCC1CCCC(C2(O)CCN3CCCC32)C1. The Balaban J connectivity index is 1.73. The first-order valence-electron chi connectivity index (χ1n) is 7.70. The Labute approximate surface area is 105 Å². The van der Waals surface area contributed by atoms with Crippen molar-refractivity contribution in [3.63, 3.8) is 0 Å². The van der Waals surface area contributed by atoms with Gasteiger partial charge in [0.1, 0.15) is 0 Å². The minimum Gasteiger partial charge on any atom is -0.388 e. The third kappa shape index (κ3) is 1.94. The summed E-state index contributed by atoms with van der Waals surface area (Å²) in [6.07, 6.45) is 10.2. The third-order valence-electron chi connectivity index (χ3n) is 5.81. The lowest BCUT2D eigenvalue weighted by Gasteiger charge is -2.42. The monoisotopic (exact) mass is 237 g/mol. The molecule has 1 N–H and O–H groups in total. The Hall–Kier alpha value is -0.0800. The van der Waals surface area contributed by atoms with Gasteiger partial charge >= 0.3 is 0 Å². The van der Waals surface area contributed by atoms with Crippen molar-refractivity contribution in [1.82, 2.24) is 4.90 Å². The molecule has 0 spiro atoms. The Morgan fingerprint density at radius 2 is 2.06 bits per heavy atom. The molecule has 2 saturated heterocycles. The fourth-order valence-electron chi connectivity index (χ4n) is 4.74. The van der Waals surface area contributed by atoms with Crippen molar-refractivity contribution in [2.45, 2.75) is 69.9 Å². The average Bonchev–Trinajstić information content (AvgIpc) is 2.95. The standard InChI is InChI=1S/C15H27NO/c1-2-12-5-3-6-13(11-12)15(17)8-10-16-9-4-7-14(15)16/h12-14,17H,2-11H2,1H3. The van der Waals surface area contributed by atoms with Crippen LogP contribution in [0.5, 0.6) is 0 Å². The molecule has 4 unspecified atom stereocenters. The first-order valence-corrected chi connectivity index (χ1v) is 7.70. The lowest BCUT2D eigenvalue weighted by molar-refractivity contribution is -0.0598. The van der Waals surface area contributed by atoms with E-state index in [1.54, 1.807) is 0 Å². The van der Waals surface area contributed by atoms with Gasteiger partial charge in [-0.25, -0.2) is 0 Å². The number of hydrogen-bond acceptors (Lipinski definition) is 2. The van der Waals surface area contributed by atoms with E-state index in [-0.39, 0.29) is 5.60 Å². The fourth-order valence-corrected chi connectivity index (χ4v) is 4.74. The largest absolute Gasteiger partial charge is 0.388 e. The van der Waals surface area contributed by atoms with Gasteiger partial charge in [0, 0.05) is 12.6 Å². The highest BCUT2D eigenvalue weighted by Crippen LogP contribution is 2.47. The van der Waals surface area contributed by atoms with Crippen LogP contribution in [0.2, 0.25) is 0 Å². The van der Waals surface area contributed by atoms with Crippen LogP contribution >= 0.6 is 0 Å². The molecule has 0 aromatic carbocycles. The molecule has 0 aromatic heterocycles. The van der Waals surface area contributed by atoms with Crippen LogP contribution in [0.25, 0.3) is 0 Å². The van der Waals surface area contributed by atoms with Gasteiger partial charge in [-0.3, -0.25) is 4.90 Å². The van der Waals surface area contributed by atoms with Gasteiger partial charge in [-0.1, -0.05) is 26.2 Å². The number of nitrogens with zero attached hydrogens (tertiary/aromatic N) is 1. The maximum atomic E-state index is 11.2. The zero-order valence-corrected chi connectivity index (χ0v) is 11.2. The second-order valence-corrected chi connectivity index (χ2v) is 6.57. The van der Waals surface area contributed by atoms with Crippen molar-refractivity contribution in [2.75, 3.05) is 13.1 Å². The molecule has 98 valence electrons. The van der Waals surface area contributed by atoms with E-state index in [1.807, 2.05) is 0 Å². The summed E-state index contributed by atoms with van der Waals surface area (Å²) >= 11 is 0. The van der Waals surface area contributed by atoms with Crippen molar-refractivity contribution in [2.24, 2.45) is 11.8 Å². The van der Waals surface area contributed by atoms with Crippen molar-refractivity contribution in [3.8, 4) is 0 Å². The van der Waals surface area contributed by atoms with E-state index >= 15 is 0 Å². The van der Waals surface area contributed by atoms with Crippen LogP contribution in [0.4, 0.5) is 0 Å². The molecule has 2 heteroatoms. The summed E-state index contributed by atoms with van der Waals surface area (Å²) in [5.74, 6) is 1.47. The van der Waals surface area contributed by atoms with Crippen LogP contribution in [0, 0.1) is 11.8 Å². The van der Waals surface area contributed by atoms with Gasteiger partial charge in [-0.15, -0.1) is 0 Å². The molecule has 0 bridgehead atoms. The quantitative estimate of drug-likeness (QED) is 0.798. The molecule has 1 saturated carbocycles. The van der Waals surface area contributed by atoms with Gasteiger partial charge in [0.05, 0.1) is 5.60 Å². The predicted molar refractivity (Wildman–Crippen MR) is 69.9 cm³/mol. The topological polar surface area (TPSA) is 23.5 Å².